The van der Waals surface area contributed by atoms with Gasteiger partial charge in [0, 0.05) is 23.7 Å². The van der Waals surface area contributed by atoms with Gasteiger partial charge in [0.1, 0.15) is 5.78 Å². The number of piperidine rings is 1. The minimum absolute atomic E-state index is 0.300. The van der Waals surface area contributed by atoms with Crippen molar-refractivity contribution >= 4 is 22.1 Å². The lowest BCUT2D eigenvalue weighted by Gasteiger charge is -2.23. The van der Waals surface area contributed by atoms with Gasteiger partial charge in [0.2, 0.25) is 0 Å². The van der Waals surface area contributed by atoms with E-state index in [2.05, 4.69) is 10.3 Å². The molecule has 1 N–H and O–H groups in total. The Balaban J connectivity index is 1.46. The monoisotopic (exact) mass is 275 g/mol. The first-order valence-corrected chi connectivity index (χ1v) is 7.79. The van der Waals surface area contributed by atoms with Gasteiger partial charge < -0.3 is 5.32 Å². The van der Waals surface area contributed by atoms with E-state index in [1.807, 2.05) is 22.2 Å². The molecular weight excluding hydrogens is 258 g/mol. The summed E-state index contributed by atoms with van der Waals surface area (Å²) in [4.78, 5) is 17.9. The molecule has 0 aromatic carbocycles. The van der Waals surface area contributed by atoms with Gasteiger partial charge in [0.15, 0.2) is 4.96 Å². The highest BCUT2D eigenvalue weighted by Gasteiger charge is 2.56. The summed E-state index contributed by atoms with van der Waals surface area (Å²) in [7, 11) is 0. The molecular formula is C14H17N3OS. The molecule has 1 aliphatic carbocycles. The van der Waals surface area contributed by atoms with Crippen molar-refractivity contribution in [1.29, 1.82) is 0 Å². The third-order valence-corrected chi connectivity index (χ3v) is 5.45. The molecule has 1 unspecified atom stereocenters. The zero-order valence-corrected chi connectivity index (χ0v) is 11.6. The molecule has 19 heavy (non-hydrogen) atoms. The molecule has 2 aromatic heterocycles. The van der Waals surface area contributed by atoms with Crippen LogP contribution >= 0.6 is 11.3 Å². The van der Waals surface area contributed by atoms with E-state index >= 15 is 0 Å². The second kappa shape index (κ2) is 4.15. The van der Waals surface area contributed by atoms with E-state index in [1.54, 1.807) is 11.3 Å². The molecule has 2 aliphatic rings. The van der Waals surface area contributed by atoms with Gasteiger partial charge in [0.05, 0.1) is 12.1 Å². The van der Waals surface area contributed by atoms with E-state index in [0.29, 0.717) is 23.5 Å². The smallest absolute Gasteiger partial charge is 0.193 e. The van der Waals surface area contributed by atoms with E-state index in [-0.39, 0.29) is 0 Å². The molecule has 1 saturated heterocycles. The Kier molecular flexibility index (Phi) is 2.53. The number of imidazole rings is 1. The van der Waals surface area contributed by atoms with Crippen molar-refractivity contribution in [1.82, 2.24) is 14.7 Å². The summed E-state index contributed by atoms with van der Waals surface area (Å²) < 4.78 is 2.00. The van der Waals surface area contributed by atoms with Crippen molar-refractivity contribution in [2.75, 3.05) is 13.1 Å². The van der Waals surface area contributed by atoms with Crippen LogP contribution in [0.3, 0.4) is 0 Å². The maximum absolute atomic E-state index is 12.4. The van der Waals surface area contributed by atoms with Gasteiger partial charge in [-0.05, 0) is 37.8 Å². The number of hydrogen-bond donors (Lipinski definition) is 1. The lowest BCUT2D eigenvalue weighted by molar-refractivity contribution is -0.120. The van der Waals surface area contributed by atoms with Crippen molar-refractivity contribution in [3.05, 3.63) is 23.5 Å². The Morgan fingerprint density at radius 2 is 2.37 bits per heavy atom. The average Bonchev–Trinajstić information content (AvgIpc) is 2.74. The van der Waals surface area contributed by atoms with E-state index in [0.717, 1.165) is 30.2 Å². The van der Waals surface area contributed by atoms with Crippen molar-refractivity contribution in [2.45, 2.75) is 25.7 Å². The molecule has 4 rings (SSSR count). The molecule has 2 fully saturated rings. The average molecular weight is 275 g/mol. The molecule has 100 valence electrons. The Hall–Kier alpha value is -1.20. The van der Waals surface area contributed by atoms with E-state index in [9.17, 15) is 4.79 Å². The summed E-state index contributed by atoms with van der Waals surface area (Å²) >= 11 is 1.61. The largest absolute Gasteiger partial charge is 0.317 e. The van der Waals surface area contributed by atoms with Gasteiger partial charge in [0.25, 0.3) is 0 Å². The van der Waals surface area contributed by atoms with Gasteiger partial charge in [-0.3, -0.25) is 9.20 Å². The Morgan fingerprint density at radius 1 is 1.53 bits per heavy atom. The van der Waals surface area contributed by atoms with Crippen molar-refractivity contribution < 1.29 is 4.79 Å². The number of carbonyl (C=O) groups excluding carboxylic acids is 1. The van der Waals surface area contributed by atoms with E-state index in [1.165, 1.54) is 12.8 Å². The number of nitrogens with zero attached hydrogens (tertiary/aromatic N) is 2. The summed E-state index contributed by atoms with van der Waals surface area (Å²) in [6.07, 6.45) is 7.93. The number of rotatable bonds is 3. The summed E-state index contributed by atoms with van der Waals surface area (Å²) in [6.45, 7) is 2.15. The van der Waals surface area contributed by atoms with Crippen LogP contribution < -0.4 is 5.32 Å². The Bertz CT molecular complexity index is 595. The third kappa shape index (κ3) is 1.92. The quantitative estimate of drug-likeness (QED) is 0.930. The predicted molar refractivity (Wildman–Crippen MR) is 74.4 cm³/mol. The second-order valence-electron chi connectivity index (χ2n) is 5.84. The predicted octanol–water partition coefficient (Wildman–Crippen LogP) is 1.90. The Labute approximate surface area is 115 Å². The van der Waals surface area contributed by atoms with Crippen LogP contribution in [0.25, 0.3) is 4.96 Å². The highest BCUT2D eigenvalue weighted by Crippen LogP contribution is 2.59. The summed E-state index contributed by atoms with van der Waals surface area (Å²) in [5.41, 5.74) is 1.27. The molecule has 1 atom stereocenters. The molecule has 3 heterocycles. The molecule has 1 saturated carbocycles. The lowest BCUT2D eigenvalue weighted by Crippen LogP contribution is -2.31. The second-order valence-corrected chi connectivity index (χ2v) is 6.71. The van der Waals surface area contributed by atoms with E-state index in [4.69, 9.17) is 0 Å². The number of thiazole rings is 1. The SMILES string of the molecule is O=C(Cc1cn2ccsc2n1)C1CC12CCNCC2. The van der Waals surface area contributed by atoms with Crippen LogP contribution in [-0.2, 0) is 11.2 Å². The number of aromatic nitrogens is 2. The van der Waals surface area contributed by atoms with Gasteiger partial charge in [-0.15, -0.1) is 11.3 Å². The van der Waals surface area contributed by atoms with Crippen LogP contribution in [0.1, 0.15) is 25.0 Å². The van der Waals surface area contributed by atoms with Crippen molar-refractivity contribution in [3.8, 4) is 0 Å². The number of nitrogens with one attached hydrogen (secondary N) is 1. The number of hydrogen-bond acceptors (Lipinski definition) is 4. The first-order chi connectivity index (χ1) is 9.27. The van der Waals surface area contributed by atoms with Crippen molar-refractivity contribution in [2.24, 2.45) is 11.3 Å². The number of ketones is 1. The third-order valence-electron chi connectivity index (χ3n) is 4.68. The molecule has 2 aromatic rings. The number of fused-ring (bicyclic) bond motifs is 1. The van der Waals surface area contributed by atoms with Crippen LogP contribution in [0.15, 0.2) is 17.8 Å². The fourth-order valence-corrected chi connectivity index (χ4v) is 4.16. The van der Waals surface area contributed by atoms with Crippen LogP contribution in [0.5, 0.6) is 0 Å². The van der Waals surface area contributed by atoms with Crippen LogP contribution in [0.4, 0.5) is 0 Å². The molecule has 0 bridgehead atoms. The van der Waals surface area contributed by atoms with Gasteiger partial charge in [-0.2, -0.15) is 0 Å². The fourth-order valence-electron chi connectivity index (χ4n) is 3.44. The highest BCUT2D eigenvalue weighted by atomic mass is 32.1. The first-order valence-electron chi connectivity index (χ1n) is 6.91. The molecule has 0 amide bonds. The topological polar surface area (TPSA) is 46.4 Å². The van der Waals surface area contributed by atoms with Crippen molar-refractivity contribution in [3.63, 3.8) is 0 Å². The number of carbonyl (C=O) groups is 1. The molecule has 1 spiro atoms. The summed E-state index contributed by atoms with van der Waals surface area (Å²) in [6, 6.07) is 0. The molecule has 1 aliphatic heterocycles. The highest BCUT2D eigenvalue weighted by molar-refractivity contribution is 7.15. The van der Waals surface area contributed by atoms with Crippen LogP contribution in [0, 0.1) is 11.3 Å². The Morgan fingerprint density at radius 3 is 3.16 bits per heavy atom. The molecule has 5 heteroatoms. The minimum Gasteiger partial charge on any atom is -0.317 e. The zero-order chi connectivity index (χ0) is 12.9. The van der Waals surface area contributed by atoms with Crippen LogP contribution in [0.2, 0.25) is 0 Å². The lowest BCUT2D eigenvalue weighted by atomic mass is 9.90. The summed E-state index contributed by atoms with van der Waals surface area (Å²) in [5.74, 6) is 0.696. The normalized spacial score (nSPS) is 24.9. The zero-order valence-electron chi connectivity index (χ0n) is 10.8. The molecule has 4 nitrogen and oxygen atoms in total. The maximum Gasteiger partial charge on any atom is 0.193 e. The van der Waals surface area contributed by atoms with Gasteiger partial charge >= 0.3 is 0 Å². The van der Waals surface area contributed by atoms with E-state index < -0.39 is 0 Å². The van der Waals surface area contributed by atoms with Gasteiger partial charge in [-0.1, -0.05) is 0 Å². The first kappa shape index (κ1) is 11.6. The number of Topliss-reactive ketones (excluding diaryl/α,β-unsaturated/α-hetero) is 1. The fraction of sp³-hybridized carbons (Fsp3) is 0.571. The van der Waals surface area contributed by atoms with Crippen LogP contribution in [-0.4, -0.2) is 28.3 Å². The van der Waals surface area contributed by atoms with Gasteiger partial charge in [-0.25, -0.2) is 4.98 Å². The molecule has 0 radical (unpaired) electrons. The summed E-state index contributed by atoms with van der Waals surface area (Å²) in [5, 5.41) is 5.39. The minimum atomic E-state index is 0.300. The maximum atomic E-state index is 12.4. The standard InChI is InChI=1S/C14H17N3OS/c18-12(11-8-14(11)1-3-15-4-2-14)7-10-9-17-5-6-19-13(17)16-10/h5-6,9,11,15H,1-4,7-8H2.